The van der Waals surface area contributed by atoms with Gasteiger partial charge in [-0.1, -0.05) is 240 Å². The van der Waals surface area contributed by atoms with Crippen LogP contribution in [0.3, 0.4) is 0 Å². The van der Waals surface area contributed by atoms with Gasteiger partial charge in [-0.2, -0.15) is 0 Å². The molecule has 13 nitrogen and oxygen atoms in total. The number of thiazole rings is 6. The number of hydrogen-bond donors (Lipinski definition) is 0. The van der Waals surface area contributed by atoms with Crippen LogP contribution < -0.4 is 18.9 Å². The second-order valence-electron chi connectivity index (χ2n) is 27.9. The number of aromatic nitrogens is 6. The van der Waals surface area contributed by atoms with E-state index >= 15 is 0 Å². The minimum absolute atomic E-state index is 0.370. The van der Waals surface area contributed by atoms with Crippen LogP contribution >= 0.6 is 68.0 Å². The van der Waals surface area contributed by atoms with Crippen LogP contribution in [0.15, 0.2) is 391 Å². The highest BCUT2D eigenvalue weighted by molar-refractivity contribution is 7.23. The fraction of sp³-hybridized carbons (Fsp3) is 0.0187. The smallest absolute Gasteiger partial charge is 0.343 e. The standard InChI is InChI=1S/C22H15NO2S.C22H17NOS.C17H13NO2S.C16H11NO2S.2C15H11NS/c1-2-15-7-9-17(10-8-15)22(24)25-18-13-11-16(12-14-18)21-23-19-5-3-4-6-20(19)26-21;1-2-16-7-9-17(10-8-16)15-24-19-13-11-18(12-14-19)22-23-20-5-3-4-6-21(20)25-22;1-11(2)17(19)20-14-9-5-3-7-12(14)16-18-13-8-4-6-10-15(13)21-16;1-2-15(18)19-13-9-5-3-7-11(13)16-17-12-8-4-6-10-14(12)20-16;1-2-11-6-5-7-12(10-11)15-16-13-8-3-4-9-14(13)17-15;1-2-11-7-9-12(10-8-11)15-16-13-5-3-4-6-14(13)17-15/h2-14H,1H2;2-14H,1,15H2;3-10H,1H2,2H3;2-10H,1H2;2*2-10H,1H2. The topological polar surface area (TPSA) is 165 Å². The van der Waals surface area contributed by atoms with Gasteiger partial charge in [0.2, 0.25) is 0 Å². The van der Waals surface area contributed by atoms with Gasteiger partial charge in [-0.25, -0.2) is 44.3 Å². The summed E-state index contributed by atoms with van der Waals surface area (Å²) in [4.78, 5) is 63.1. The number of carbonyl (C=O) groups is 3. The normalized spacial score (nSPS) is 10.6. The first-order valence-electron chi connectivity index (χ1n) is 39.7. The van der Waals surface area contributed by atoms with Crippen LogP contribution in [0.5, 0.6) is 23.0 Å². The van der Waals surface area contributed by atoms with E-state index in [0.717, 1.165) is 150 Å². The van der Waals surface area contributed by atoms with E-state index in [1.54, 1.807) is 117 Å². The predicted octanol–water partition coefficient (Wildman–Crippen LogP) is 29.7. The van der Waals surface area contributed by atoms with Gasteiger partial charge in [0.05, 0.1) is 78.0 Å². The maximum absolute atomic E-state index is 12.2. The Morgan fingerprint density at radius 2 is 0.635 bits per heavy atom. The van der Waals surface area contributed by atoms with Crippen LogP contribution in [0.25, 0.3) is 149 Å². The number of esters is 3. The van der Waals surface area contributed by atoms with Gasteiger partial charge in [0.15, 0.2) is 0 Å². The number of fused-ring (bicyclic) bond motifs is 6. The van der Waals surface area contributed by atoms with E-state index in [0.29, 0.717) is 35.0 Å². The quantitative estimate of drug-likeness (QED) is 0.0427. The zero-order chi connectivity index (χ0) is 87.1. The molecule has 0 aliphatic carbocycles. The highest BCUT2D eigenvalue weighted by Crippen LogP contribution is 2.40. The summed E-state index contributed by atoms with van der Waals surface area (Å²) in [6.45, 7) is 24.2. The molecule has 0 saturated carbocycles. The number of hydrogen-bond acceptors (Lipinski definition) is 19. The zero-order valence-electron chi connectivity index (χ0n) is 68.2. The maximum Gasteiger partial charge on any atom is 0.343 e. The molecule has 0 amide bonds. The minimum atomic E-state index is -0.474. The summed E-state index contributed by atoms with van der Waals surface area (Å²) in [6, 6.07) is 111. The van der Waals surface area contributed by atoms with Crippen molar-refractivity contribution in [2.75, 3.05) is 0 Å². The van der Waals surface area contributed by atoms with Gasteiger partial charge in [-0.15, -0.1) is 68.0 Å². The van der Waals surface area contributed by atoms with Crippen molar-refractivity contribution in [2.24, 2.45) is 0 Å². The molecule has 19 heteroatoms. The van der Waals surface area contributed by atoms with Crippen molar-refractivity contribution in [3.63, 3.8) is 0 Å². The fourth-order valence-electron chi connectivity index (χ4n) is 12.5. The average Bonchev–Trinajstić information content (AvgIpc) is 1.67. The lowest BCUT2D eigenvalue weighted by Gasteiger charge is -2.07. The molecule has 0 spiro atoms. The molecule has 0 saturated heterocycles. The van der Waals surface area contributed by atoms with Crippen molar-refractivity contribution in [2.45, 2.75) is 13.5 Å². The Labute approximate surface area is 752 Å². The Morgan fingerprint density at radius 3 is 1.02 bits per heavy atom. The second-order valence-corrected chi connectivity index (χ2v) is 34.0. The van der Waals surface area contributed by atoms with Gasteiger partial charge in [0, 0.05) is 33.9 Å². The SMILES string of the molecule is C=C(C)C(=O)Oc1ccccc1-c1nc2ccccc2s1.C=CC(=O)Oc1ccccc1-c1nc2ccccc2s1.C=Cc1ccc(-c2nc3ccccc3s2)cc1.C=Cc1ccc(C(=O)Oc2ccc(-c3nc4ccccc4s3)cc2)cc1.C=Cc1ccc(COc2ccc(-c3nc4ccccc4s3)cc2)cc1.C=Cc1cccc(-c2nc3ccccc3s2)c1. The maximum atomic E-state index is 12.2. The van der Waals surface area contributed by atoms with Crippen LogP contribution in [0, 0.1) is 0 Å². The van der Waals surface area contributed by atoms with Crippen LogP contribution in [0.1, 0.15) is 45.1 Å². The Hall–Kier alpha value is -14.9. The molecule has 0 bridgehead atoms. The van der Waals surface area contributed by atoms with Crippen LogP contribution in [-0.4, -0.2) is 47.8 Å². The Morgan fingerprint density at radius 1 is 0.310 bits per heavy atom. The van der Waals surface area contributed by atoms with Crippen molar-refractivity contribution in [1.29, 1.82) is 0 Å². The first-order valence-corrected chi connectivity index (χ1v) is 44.6. The van der Waals surface area contributed by atoms with Crippen LogP contribution in [0.2, 0.25) is 0 Å². The second kappa shape index (κ2) is 41.8. The molecule has 0 radical (unpaired) electrons. The predicted molar refractivity (Wildman–Crippen MR) is 529 cm³/mol. The number of carbonyl (C=O) groups excluding carboxylic acids is 3. The van der Waals surface area contributed by atoms with E-state index in [4.69, 9.17) is 23.9 Å². The average molecular weight is 1750 g/mol. The third-order valence-corrected chi connectivity index (χ3v) is 25.6. The molecule has 0 N–H and O–H groups in total. The number of nitrogens with zero attached hydrogens (tertiary/aromatic N) is 6. The van der Waals surface area contributed by atoms with E-state index in [1.807, 2.05) is 237 Å². The van der Waals surface area contributed by atoms with Crippen molar-refractivity contribution in [3.8, 4) is 86.4 Å². The van der Waals surface area contributed by atoms with Crippen molar-refractivity contribution < 1.29 is 33.3 Å². The molecular weight excluding hydrogens is 1670 g/mol. The summed E-state index contributed by atoms with van der Waals surface area (Å²) in [6.07, 6.45) is 8.43. The van der Waals surface area contributed by atoms with Gasteiger partial charge in [-0.3, -0.25) is 0 Å². The van der Waals surface area contributed by atoms with E-state index in [1.165, 1.54) is 14.1 Å². The molecule has 0 aliphatic rings. The van der Waals surface area contributed by atoms with Gasteiger partial charge in [0.25, 0.3) is 0 Å². The molecule has 0 fully saturated rings. The number of benzene rings is 14. The van der Waals surface area contributed by atoms with Crippen molar-refractivity contribution in [1.82, 2.24) is 29.9 Å². The molecule has 6 aromatic heterocycles. The highest BCUT2D eigenvalue weighted by Gasteiger charge is 2.18. The van der Waals surface area contributed by atoms with Gasteiger partial charge < -0.3 is 18.9 Å². The van der Waals surface area contributed by atoms with E-state index in [-0.39, 0.29) is 5.97 Å². The Balaban J connectivity index is 0.000000117. The highest BCUT2D eigenvalue weighted by atomic mass is 32.1. The summed E-state index contributed by atoms with van der Waals surface area (Å²) in [5.74, 6) is 1.09. The van der Waals surface area contributed by atoms with E-state index in [9.17, 15) is 14.4 Å². The van der Waals surface area contributed by atoms with Gasteiger partial charge >= 0.3 is 17.9 Å². The van der Waals surface area contributed by atoms with E-state index < -0.39 is 11.9 Å². The molecule has 0 atom stereocenters. The number of rotatable bonds is 19. The summed E-state index contributed by atoms with van der Waals surface area (Å²) in [5.41, 5.74) is 18.5. The van der Waals surface area contributed by atoms with Crippen molar-refractivity contribution in [3.05, 3.63) is 424 Å². The van der Waals surface area contributed by atoms with E-state index in [2.05, 4.69) is 149 Å². The zero-order valence-corrected chi connectivity index (χ0v) is 73.1. The molecule has 614 valence electrons. The monoisotopic (exact) mass is 1750 g/mol. The summed E-state index contributed by atoms with van der Waals surface area (Å²) >= 11 is 9.95. The molecular formula is C107H78N6O7S6. The molecule has 126 heavy (non-hydrogen) atoms. The Bertz CT molecular complexity index is 7090. The minimum Gasteiger partial charge on any atom is -0.489 e. The molecule has 20 aromatic rings. The first-order chi connectivity index (χ1) is 61.7. The lowest BCUT2D eigenvalue weighted by atomic mass is 10.1. The third kappa shape index (κ3) is 22.1. The lowest BCUT2D eigenvalue weighted by Crippen LogP contribution is -2.08. The molecule has 6 heterocycles. The number of ether oxygens (including phenoxy) is 4. The largest absolute Gasteiger partial charge is 0.489 e. The first kappa shape index (κ1) is 86.0. The third-order valence-electron chi connectivity index (χ3n) is 19.1. The molecule has 0 aliphatic heterocycles. The molecule has 20 rings (SSSR count). The van der Waals surface area contributed by atoms with Crippen LogP contribution in [-0.2, 0) is 16.2 Å². The molecule has 0 unspecified atom stereocenters. The summed E-state index contributed by atoms with van der Waals surface area (Å²) in [7, 11) is 0. The van der Waals surface area contributed by atoms with Crippen molar-refractivity contribution >= 4 is 172 Å². The Kier molecular flexibility index (Phi) is 28.5. The fourth-order valence-corrected chi connectivity index (χ4v) is 18.4. The summed E-state index contributed by atoms with van der Waals surface area (Å²) < 4.78 is 29.0. The van der Waals surface area contributed by atoms with Gasteiger partial charge in [-0.05, 0) is 199 Å². The molecule has 14 aromatic carbocycles. The lowest BCUT2D eigenvalue weighted by molar-refractivity contribution is -0.130. The summed E-state index contributed by atoms with van der Waals surface area (Å²) in [5, 5.41) is 5.79. The van der Waals surface area contributed by atoms with Crippen LogP contribution in [0.4, 0.5) is 0 Å². The van der Waals surface area contributed by atoms with Gasteiger partial charge in [0.1, 0.15) is 59.7 Å². The number of para-hydroxylation sites is 8.